The molecule has 0 heterocycles. The molecule has 1 aliphatic rings. The fourth-order valence-corrected chi connectivity index (χ4v) is 2.24. The number of anilines is 1. The summed E-state index contributed by atoms with van der Waals surface area (Å²) in [5.74, 6) is 0.550. The first-order valence-electron chi connectivity index (χ1n) is 6.00. The lowest BCUT2D eigenvalue weighted by molar-refractivity contribution is 0.303. The average molecular weight is 252 g/mol. The Morgan fingerprint density at radius 1 is 1.47 bits per heavy atom. The fraction of sp³-hybridized carbons (Fsp3) is 0.462. The van der Waals surface area contributed by atoms with Crippen LogP contribution in [0.25, 0.3) is 0 Å². The quantitative estimate of drug-likeness (QED) is 0.791. The van der Waals surface area contributed by atoms with Crippen molar-refractivity contribution < 1.29 is 4.39 Å². The molecule has 1 aromatic carbocycles. The second kappa shape index (κ2) is 5.45. The largest absolute Gasteiger partial charge is 0.389 e. The summed E-state index contributed by atoms with van der Waals surface area (Å²) in [6.07, 6.45) is 5.20. The highest BCUT2D eigenvalue weighted by atomic mass is 32.1. The molecule has 0 amide bonds. The summed E-state index contributed by atoms with van der Waals surface area (Å²) in [6.45, 7) is 0.895. The smallest absolute Gasteiger partial charge is 0.124 e. The molecule has 0 aromatic heterocycles. The number of nitrogens with two attached hydrogens (primary N) is 1. The van der Waals surface area contributed by atoms with Gasteiger partial charge < -0.3 is 11.1 Å². The highest BCUT2D eigenvalue weighted by Gasteiger charge is 2.16. The third kappa shape index (κ3) is 3.16. The van der Waals surface area contributed by atoms with Crippen LogP contribution in [0.2, 0.25) is 0 Å². The van der Waals surface area contributed by atoms with Gasteiger partial charge in [0.1, 0.15) is 10.8 Å². The van der Waals surface area contributed by atoms with Gasteiger partial charge in [0, 0.05) is 17.8 Å². The van der Waals surface area contributed by atoms with Crippen molar-refractivity contribution in [2.24, 2.45) is 11.7 Å². The van der Waals surface area contributed by atoms with Crippen LogP contribution in [-0.4, -0.2) is 11.5 Å². The molecule has 2 rings (SSSR count). The summed E-state index contributed by atoms with van der Waals surface area (Å²) >= 11 is 4.92. The van der Waals surface area contributed by atoms with Crippen molar-refractivity contribution in [2.45, 2.75) is 25.7 Å². The fourth-order valence-electron chi connectivity index (χ4n) is 2.07. The van der Waals surface area contributed by atoms with Gasteiger partial charge in [0.25, 0.3) is 0 Å². The Bertz CT molecular complexity index is 416. The van der Waals surface area contributed by atoms with Gasteiger partial charge in [-0.2, -0.15) is 0 Å². The Balaban J connectivity index is 1.96. The minimum Gasteiger partial charge on any atom is -0.389 e. The second-order valence-electron chi connectivity index (χ2n) is 4.57. The third-order valence-corrected chi connectivity index (χ3v) is 3.56. The van der Waals surface area contributed by atoms with Crippen LogP contribution in [0.15, 0.2) is 18.2 Å². The van der Waals surface area contributed by atoms with Crippen molar-refractivity contribution in [3.05, 3.63) is 29.6 Å². The third-order valence-electron chi connectivity index (χ3n) is 3.34. The molecule has 2 nitrogen and oxygen atoms in total. The Hall–Kier alpha value is -1.16. The molecule has 0 saturated heterocycles. The molecule has 1 aliphatic carbocycles. The first kappa shape index (κ1) is 12.3. The molecule has 0 atom stereocenters. The van der Waals surface area contributed by atoms with Crippen molar-refractivity contribution in [1.29, 1.82) is 0 Å². The van der Waals surface area contributed by atoms with Crippen LogP contribution in [0.4, 0.5) is 10.1 Å². The van der Waals surface area contributed by atoms with Crippen LogP contribution >= 0.6 is 12.2 Å². The molecule has 0 unspecified atom stereocenters. The van der Waals surface area contributed by atoms with Crippen LogP contribution in [0.5, 0.6) is 0 Å². The molecule has 1 fully saturated rings. The number of halogens is 1. The van der Waals surface area contributed by atoms with Crippen molar-refractivity contribution in [2.75, 3.05) is 11.9 Å². The lowest BCUT2D eigenvalue weighted by atomic mass is 9.83. The molecular formula is C13H17FN2S. The topological polar surface area (TPSA) is 38.0 Å². The molecule has 1 saturated carbocycles. The van der Waals surface area contributed by atoms with E-state index in [1.165, 1.54) is 31.4 Å². The maximum absolute atomic E-state index is 13.1. The summed E-state index contributed by atoms with van der Waals surface area (Å²) < 4.78 is 13.1. The monoisotopic (exact) mass is 252 g/mol. The van der Waals surface area contributed by atoms with Crippen molar-refractivity contribution >= 4 is 22.9 Å². The minimum absolute atomic E-state index is 0.232. The maximum atomic E-state index is 13.1. The normalized spacial score (nSPS) is 15.4. The van der Waals surface area contributed by atoms with Crippen LogP contribution in [0.3, 0.4) is 0 Å². The number of nitrogens with one attached hydrogen (secondary N) is 1. The lowest BCUT2D eigenvalue weighted by Gasteiger charge is -2.25. The van der Waals surface area contributed by atoms with Gasteiger partial charge in [-0.1, -0.05) is 31.5 Å². The van der Waals surface area contributed by atoms with E-state index in [0.29, 0.717) is 5.56 Å². The molecule has 0 aliphatic heterocycles. The molecule has 92 valence electrons. The molecular weight excluding hydrogens is 235 g/mol. The van der Waals surface area contributed by atoms with E-state index < -0.39 is 0 Å². The lowest BCUT2D eigenvalue weighted by Crippen LogP contribution is -2.18. The molecule has 4 heteroatoms. The Morgan fingerprint density at radius 3 is 2.82 bits per heavy atom. The SMILES string of the molecule is NC(=S)c1cc(F)ccc1NCCC1CCC1. The van der Waals surface area contributed by atoms with Crippen LogP contribution in [0, 0.1) is 11.7 Å². The summed E-state index contributed by atoms with van der Waals surface area (Å²) in [5, 5.41) is 3.29. The van der Waals surface area contributed by atoms with Crippen molar-refractivity contribution in [3.8, 4) is 0 Å². The van der Waals surface area contributed by atoms with Gasteiger partial charge >= 0.3 is 0 Å². The van der Waals surface area contributed by atoms with Gasteiger partial charge in [-0.15, -0.1) is 0 Å². The summed E-state index contributed by atoms with van der Waals surface area (Å²) in [5.41, 5.74) is 7.00. The van der Waals surface area contributed by atoms with Crippen LogP contribution in [-0.2, 0) is 0 Å². The maximum Gasteiger partial charge on any atom is 0.124 e. The molecule has 17 heavy (non-hydrogen) atoms. The average Bonchev–Trinajstić information content (AvgIpc) is 2.23. The Kier molecular flexibility index (Phi) is 3.94. The summed E-state index contributed by atoms with van der Waals surface area (Å²) in [4.78, 5) is 0.232. The van der Waals surface area contributed by atoms with Gasteiger partial charge in [-0.05, 0) is 30.5 Å². The molecule has 0 radical (unpaired) electrons. The Morgan fingerprint density at radius 2 is 2.24 bits per heavy atom. The van der Waals surface area contributed by atoms with Crippen molar-refractivity contribution in [3.63, 3.8) is 0 Å². The van der Waals surface area contributed by atoms with E-state index in [9.17, 15) is 4.39 Å². The van der Waals surface area contributed by atoms with Gasteiger partial charge in [0.2, 0.25) is 0 Å². The van der Waals surface area contributed by atoms with Crippen LogP contribution in [0.1, 0.15) is 31.2 Å². The molecule has 3 N–H and O–H groups in total. The zero-order chi connectivity index (χ0) is 12.3. The number of hydrogen-bond donors (Lipinski definition) is 2. The molecule has 0 spiro atoms. The van der Waals surface area contributed by atoms with Crippen LogP contribution < -0.4 is 11.1 Å². The zero-order valence-corrected chi connectivity index (χ0v) is 10.5. The van der Waals surface area contributed by atoms with Gasteiger partial charge in [-0.25, -0.2) is 4.39 Å². The Labute approximate surface area is 106 Å². The van der Waals surface area contributed by atoms with E-state index >= 15 is 0 Å². The number of hydrogen-bond acceptors (Lipinski definition) is 2. The first-order chi connectivity index (χ1) is 8.16. The van der Waals surface area contributed by atoms with Gasteiger partial charge in [0.15, 0.2) is 0 Å². The van der Waals surface area contributed by atoms with E-state index in [1.54, 1.807) is 6.07 Å². The molecule has 0 bridgehead atoms. The van der Waals surface area contributed by atoms with Gasteiger partial charge in [0.05, 0.1) is 0 Å². The summed E-state index contributed by atoms with van der Waals surface area (Å²) in [7, 11) is 0. The number of thiocarbonyl (C=S) groups is 1. The van der Waals surface area contributed by atoms with Gasteiger partial charge in [-0.3, -0.25) is 0 Å². The van der Waals surface area contributed by atoms with Crippen molar-refractivity contribution in [1.82, 2.24) is 0 Å². The summed E-state index contributed by atoms with van der Waals surface area (Å²) in [6, 6.07) is 4.51. The second-order valence-corrected chi connectivity index (χ2v) is 5.01. The van der Waals surface area contributed by atoms with E-state index in [1.807, 2.05) is 0 Å². The first-order valence-corrected chi connectivity index (χ1v) is 6.41. The predicted molar refractivity (Wildman–Crippen MR) is 72.7 cm³/mol. The van der Waals surface area contributed by atoms with E-state index in [0.717, 1.165) is 24.6 Å². The highest BCUT2D eigenvalue weighted by Crippen LogP contribution is 2.29. The molecule has 1 aromatic rings. The number of rotatable bonds is 5. The number of benzene rings is 1. The van der Waals surface area contributed by atoms with E-state index in [-0.39, 0.29) is 10.8 Å². The zero-order valence-electron chi connectivity index (χ0n) is 9.71. The highest BCUT2D eigenvalue weighted by molar-refractivity contribution is 7.80. The minimum atomic E-state index is -0.308. The van der Waals surface area contributed by atoms with E-state index in [4.69, 9.17) is 18.0 Å². The predicted octanol–water partition coefficient (Wildman–Crippen LogP) is 3.06. The standard InChI is InChI=1S/C13H17FN2S/c14-10-4-5-12(11(8-10)13(15)17)16-7-6-9-2-1-3-9/h4-5,8-9,16H,1-3,6-7H2,(H2,15,17). The van der Waals surface area contributed by atoms with E-state index in [2.05, 4.69) is 5.32 Å².